The summed E-state index contributed by atoms with van der Waals surface area (Å²) in [5, 5.41) is 10.8. The van der Waals surface area contributed by atoms with E-state index in [9.17, 15) is 0 Å². The zero-order chi connectivity index (χ0) is 34.6. The first-order chi connectivity index (χ1) is 25.5. The van der Waals surface area contributed by atoms with Crippen LogP contribution in [0.5, 0.6) is 0 Å². The van der Waals surface area contributed by atoms with Gasteiger partial charge in [-0.25, -0.2) is 0 Å². The Morgan fingerprint density at radius 3 is 1.87 bits per heavy atom. The van der Waals surface area contributed by atoms with Crippen LogP contribution in [0.25, 0.3) is 98.4 Å². The van der Waals surface area contributed by atoms with Crippen molar-refractivity contribution in [3.8, 4) is 44.5 Å². The molecule has 0 atom stereocenters. The number of thiophene rings is 1. The number of benzene rings is 8. The van der Waals surface area contributed by atoms with E-state index in [1.54, 1.807) is 0 Å². The van der Waals surface area contributed by atoms with Crippen LogP contribution in [0.2, 0.25) is 0 Å². The molecule has 0 saturated carbocycles. The van der Waals surface area contributed by atoms with Gasteiger partial charge in [0.1, 0.15) is 0 Å². The maximum atomic E-state index is 2.51. The minimum Gasteiger partial charge on any atom is -0.135 e. The van der Waals surface area contributed by atoms with Crippen LogP contribution in [0.3, 0.4) is 0 Å². The predicted octanol–water partition coefficient (Wildman–Crippen LogP) is 13.0. The fraction of sp³-hybridized carbons (Fsp3) is 0.0980. The summed E-state index contributed by atoms with van der Waals surface area (Å²) in [6, 6.07) is 54.9. The molecule has 0 spiro atoms. The maximum absolute atomic E-state index is 2.51. The Bertz CT molecular complexity index is 3080. The molecule has 246 valence electrons. The molecule has 0 amide bonds. The van der Waals surface area contributed by atoms with E-state index in [-0.39, 0.29) is 5.41 Å². The second kappa shape index (κ2) is 11.1. The second-order valence-corrected chi connectivity index (χ2v) is 16.2. The van der Waals surface area contributed by atoms with E-state index in [0.717, 1.165) is 12.8 Å². The lowest BCUT2D eigenvalue weighted by atomic mass is 9.81. The first-order valence-electron chi connectivity index (χ1n) is 18.5. The molecule has 11 rings (SSSR count). The van der Waals surface area contributed by atoms with Gasteiger partial charge in [0.25, 0.3) is 0 Å². The molecule has 0 saturated heterocycles. The minimum absolute atomic E-state index is 0.0853. The van der Waals surface area contributed by atoms with E-state index in [1.807, 2.05) is 11.3 Å². The highest BCUT2D eigenvalue weighted by molar-refractivity contribution is 7.26. The van der Waals surface area contributed by atoms with Gasteiger partial charge < -0.3 is 0 Å². The Balaban J connectivity index is 1.09. The first-order valence-corrected chi connectivity index (χ1v) is 19.3. The molecule has 52 heavy (non-hydrogen) atoms. The molecule has 1 heterocycles. The lowest BCUT2D eigenvalue weighted by Crippen LogP contribution is -2.31. The number of hydrogen-bond acceptors (Lipinski definition) is 1. The predicted molar refractivity (Wildman–Crippen MR) is 226 cm³/mol. The van der Waals surface area contributed by atoms with E-state index >= 15 is 0 Å². The third-order valence-electron chi connectivity index (χ3n) is 11.9. The third kappa shape index (κ3) is 4.27. The van der Waals surface area contributed by atoms with Gasteiger partial charge in [-0.2, -0.15) is 0 Å². The second-order valence-electron chi connectivity index (χ2n) is 15.1. The highest BCUT2D eigenvalue weighted by Crippen LogP contribution is 2.52. The Morgan fingerprint density at radius 2 is 1.08 bits per heavy atom. The van der Waals surface area contributed by atoms with Crippen molar-refractivity contribution in [2.45, 2.75) is 32.1 Å². The zero-order valence-corrected chi connectivity index (χ0v) is 30.2. The molecule has 8 aromatic carbocycles. The molecule has 0 bridgehead atoms. The standard InChI is InChI=1S/C51H36S/c1-51(2)44-25-23-33(28-42(44)43-29-34-24-26-47-50(41(34)30-45(43)51)40-21-10-11-22-46(40)52-47)32-15-12-16-35(27-32)49-38-19-8-6-17-36(38)48(31-13-4-3-5-14-31)37-18-7-9-20-39(37)49/h3-6,8,10-30H,7,9H2,1-2H3. The Kier molecular flexibility index (Phi) is 6.40. The van der Waals surface area contributed by atoms with Crippen LogP contribution in [0.1, 0.15) is 37.8 Å². The van der Waals surface area contributed by atoms with Gasteiger partial charge in [-0.05, 0) is 137 Å². The summed E-state index contributed by atoms with van der Waals surface area (Å²) in [6.07, 6.45) is 7.07. The highest BCUT2D eigenvalue weighted by atomic mass is 32.1. The molecule has 1 heteroatoms. The van der Waals surface area contributed by atoms with Gasteiger partial charge in [0.2, 0.25) is 0 Å². The van der Waals surface area contributed by atoms with Crippen molar-refractivity contribution in [1.82, 2.24) is 0 Å². The van der Waals surface area contributed by atoms with Crippen molar-refractivity contribution >= 4 is 65.2 Å². The van der Waals surface area contributed by atoms with Crippen molar-refractivity contribution in [3.63, 3.8) is 0 Å². The van der Waals surface area contributed by atoms with E-state index in [4.69, 9.17) is 0 Å². The van der Waals surface area contributed by atoms with Crippen LogP contribution in [-0.4, -0.2) is 0 Å². The molecule has 2 aliphatic carbocycles. The average Bonchev–Trinajstić information content (AvgIpc) is 3.68. The van der Waals surface area contributed by atoms with E-state index in [0.29, 0.717) is 0 Å². The zero-order valence-electron chi connectivity index (χ0n) is 29.3. The number of fused-ring (bicyclic) bond motifs is 10. The molecular weight excluding hydrogens is 645 g/mol. The monoisotopic (exact) mass is 680 g/mol. The Labute approximate surface area is 307 Å². The van der Waals surface area contributed by atoms with E-state index in [1.165, 1.54) is 108 Å². The summed E-state index contributed by atoms with van der Waals surface area (Å²) in [5.41, 5.74) is 13.2. The van der Waals surface area contributed by atoms with Crippen LogP contribution in [0.15, 0.2) is 146 Å². The molecule has 9 aromatic rings. The molecule has 2 aliphatic rings. The topological polar surface area (TPSA) is 0 Å². The van der Waals surface area contributed by atoms with Gasteiger partial charge in [0, 0.05) is 25.6 Å². The average molecular weight is 681 g/mol. The number of hydrogen-bond donors (Lipinski definition) is 0. The lowest BCUT2D eigenvalue weighted by molar-refractivity contribution is 0.661. The first kappa shape index (κ1) is 29.9. The largest absolute Gasteiger partial charge is 0.135 e. The molecule has 0 radical (unpaired) electrons. The molecule has 1 aromatic heterocycles. The quantitative estimate of drug-likeness (QED) is 0.174. The highest BCUT2D eigenvalue weighted by Gasteiger charge is 2.36. The molecule has 0 unspecified atom stereocenters. The third-order valence-corrected chi connectivity index (χ3v) is 13.0. The van der Waals surface area contributed by atoms with Gasteiger partial charge in [-0.1, -0.05) is 135 Å². The molecule has 0 fully saturated rings. The van der Waals surface area contributed by atoms with E-state index < -0.39 is 0 Å². The van der Waals surface area contributed by atoms with Crippen molar-refractivity contribution in [2.75, 3.05) is 0 Å². The molecule has 0 N–H and O–H groups in total. The summed E-state index contributed by atoms with van der Waals surface area (Å²) in [4.78, 5) is 0. The van der Waals surface area contributed by atoms with Gasteiger partial charge in [-0.15, -0.1) is 11.3 Å². The fourth-order valence-corrected chi connectivity index (χ4v) is 10.5. The minimum atomic E-state index is -0.0853. The molecular formula is C51H36S. The van der Waals surface area contributed by atoms with Crippen molar-refractivity contribution in [2.24, 2.45) is 0 Å². The number of rotatable bonds is 3. The smallest absolute Gasteiger partial charge is 0.0361 e. The Morgan fingerprint density at radius 1 is 0.442 bits per heavy atom. The van der Waals surface area contributed by atoms with Gasteiger partial charge >= 0.3 is 0 Å². The van der Waals surface area contributed by atoms with Crippen LogP contribution in [0, 0.1) is 0 Å². The summed E-state index contributed by atoms with van der Waals surface area (Å²) < 4.78 is 2.72. The van der Waals surface area contributed by atoms with Crippen LogP contribution in [0.4, 0.5) is 0 Å². The summed E-state index contributed by atoms with van der Waals surface area (Å²) in [7, 11) is 0. The van der Waals surface area contributed by atoms with Gasteiger partial charge in [0.05, 0.1) is 0 Å². The molecule has 0 aliphatic heterocycles. The van der Waals surface area contributed by atoms with Crippen LogP contribution < -0.4 is 10.4 Å². The van der Waals surface area contributed by atoms with Crippen LogP contribution >= 0.6 is 11.3 Å². The van der Waals surface area contributed by atoms with Gasteiger partial charge in [0.15, 0.2) is 0 Å². The summed E-state index contributed by atoms with van der Waals surface area (Å²) in [5.74, 6) is 0. The Hall–Kier alpha value is -5.76. The van der Waals surface area contributed by atoms with Crippen molar-refractivity contribution in [1.29, 1.82) is 0 Å². The lowest BCUT2D eigenvalue weighted by Gasteiger charge is -2.22. The molecule has 0 nitrogen and oxygen atoms in total. The SMILES string of the molecule is CC1(C)c2ccc(-c3cccc(-c4c5c(c(-c6ccccc6)c6ccccc46)=CCCC=5)c3)cc2-c2cc3ccc4sc5ccccc5c4c3cc21. The van der Waals surface area contributed by atoms with Crippen molar-refractivity contribution in [3.05, 3.63) is 167 Å². The van der Waals surface area contributed by atoms with E-state index in [2.05, 4.69) is 172 Å². The van der Waals surface area contributed by atoms with Crippen molar-refractivity contribution < 1.29 is 0 Å². The fourth-order valence-electron chi connectivity index (χ4n) is 9.41. The van der Waals surface area contributed by atoms with Crippen LogP contribution in [-0.2, 0) is 5.41 Å². The summed E-state index contributed by atoms with van der Waals surface area (Å²) >= 11 is 1.90. The van der Waals surface area contributed by atoms with Gasteiger partial charge in [-0.3, -0.25) is 0 Å². The maximum Gasteiger partial charge on any atom is 0.0361 e. The summed E-state index contributed by atoms with van der Waals surface area (Å²) in [6.45, 7) is 4.80. The normalized spacial score (nSPS) is 14.3.